The normalized spacial score (nSPS) is 11.1. The van der Waals surface area contributed by atoms with Gasteiger partial charge in [0.1, 0.15) is 4.21 Å². The minimum atomic E-state index is -3.72. The Balaban J connectivity index is 2.28. The largest absolute Gasteiger partial charge is 0.478 e. The van der Waals surface area contributed by atoms with E-state index in [1.165, 1.54) is 5.38 Å². The van der Waals surface area contributed by atoms with E-state index in [2.05, 4.69) is 4.72 Å². The summed E-state index contributed by atoms with van der Waals surface area (Å²) in [6, 6.07) is 9.54. The Labute approximate surface area is 108 Å². The van der Waals surface area contributed by atoms with E-state index in [9.17, 15) is 13.2 Å². The summed E-state index contributed by atoms with van der Waals surface area (Å²) < 4.78 is 26.2. The Hall–Kier alpha value is -1.86. The van der Waals surface area contributed by atoms with Crippen LogP contribution in [0.5, 0.6) is 0 Å². The van der Waals surface area contributed by atoms with Crippen molar-refractivity contribution >= 4 is 33.0 Å². The molecule has 0 aliphatic heterocycles. The van der Waals surface area contributed by atoms with Gasteiger partial charge in [-0.3, -0.25) is 4.72 Å². The zero-order valence-electron chi connectivity index (χ0n) is 9.03. The SMILES string of the molecule is O=C(O)c1csc(S(=O)(=O)Nc2ccccc2)c1. The zero-order chi connectivity index (χ0) is 13.2. The lowest BCUT2D eigenvalue weighted by molar-refractivity contribution is 0.0697. The van der Waals surface area contributed by atoms with Crippen molar-refractivity contribution in [2.24, 2.45) is 0 Å². The summed E-state index contributed by atoms with van der Waals surface area (Å²) >= 11 is 0.873. The van der Waals surface area contributed by atoms with Crippen LogP contribution in [-0.4, -0.2) is 19.5 Å². The first-order valence-electron chi connectivity index (χ1n) is 4.89. The van der Waals surface area contributed by atoms with Crippen LogP contribution in [0.3, 0.4) is 0 Å². The van der Waals surface area contributed by atoms with Crippen molar-refractivity contribution < 1.29 is 18.3 Å². The third-order valence-electron chi connectivity index (χ3n) is 2.11. The van der Waals surface area contributed by atoms with Gasteiger partial charge in [0.2, 0.25) is 0 Å². The molecule has 1 heterocycles. The summed E-state index contributed by atoms with van der Waals surface area (Å²) in [5.74, 6) is -1.15. The fraction of sp³-hybridized carbons (Fsp3) is 0. The van der Waals surface area contributed by atoms with Gasteiger partial charge in [0.05, 0.1) is 5.56 Å². The molecule has 2 N–H and O–H groups in total. The first-order valence-corrected chi connectivity index (χ1v) is 7.25. The molecular weight excluding hydrogens is 274 g/mol. The Morgan fingerprint density at radius 3 is 2.44 bits per heavy atom. The molecule has 0 radical (unpaired) electrons. The number of hydrogen-bond donors (Lipinski definition) is 2. The highest BCUT2D eigenvalue weighted by Gasteiger charge is 2.18. The molecule has 0 atom stereocenters. The first kappa shape index (κ1) is 12.6. The molecule has 2 aromatic rings. The quantitative estimate of drug-likeness (QED) is 0.901. The summed E-state index contributed by atoms with van der Waals surface area (Å²) in [4.78, 5) is 10.7. The van der Waals surface area contributed by atoms with Crippen molar-refractivity contribution in [3.8, 4) is 0 Å². The molecule has 94 valence electrons. The van der Waals surface area contributed by atoms with E-state index < -0.39 is 16.0 Å². The molecule has 0 aliphatic carbocycles. The van der Waals surface area contributed by atoms with Crippen LogP contribution < -0.4 is 4.72 Å². The van der Waals surface area contributed by atoms with Gasteiger partial charge in [-0.1, -0.05) is 18.2 Å². The van der Waals surface area contributed by atoms with Gasteiger partial charge >= 0.3 is 5.97 Å². The number of aromatic carboxylic acids is 1. The third-order valence-corrected chi connectivity index (χ3v) is 4.93. The average molecular weight is 283 g/mol. The number of carboxylic acids is 1. The van der Waals surface area contributed by atoms with Crippen LogP contribution in [-0.2, 0) is 10.0 Å². The summed E-state index contributed by atoms with van der Waals surface area (Å²) in [6.45, 7) is 0. The predicted octanol–water partition coefficient (Wildman–Crippen LogP) is 2.25. The minimum Gasteiger partial charge on any atom is -0.478 e. The number of benzene rings is 1. The summed E-state index contributed by atoms with van der Waals surface area (Å²) in [5, 5.41) is 10.0. The average Bonchev–Trinajstić information content (AvgIpc) is 2.79. The van der Waals surface area contributed by atoms with Gasteiger partial charge < -0.3 is 5.11 Å². The summed E-state index contributed by atoms with van der Waals surface area (Å²) in [5.41, 5.74) is 0.399. The van der Waals surface area contributed by atoms with E-state index in [4.69, 9.17) is 5.11 Å². The third kappa shape index (κ3) is 2.69. The second-order valence-corrected chi connectivity index (χ2v) is 6.25. The molecule has 0 aliphatic rings. The van der Waals surface area contributed by atoms with Crippen LogP contribution >= 0.6 is 11.3 Å². The Morgan fingerprint density at radius 1 is 1.22 bits per heavy atom. The van der Waals surface area contributed by atoms with Crippen LogP contribution in [0.2, 0.25) is 0 Å². The maximum absolute atomic E-state index is 11.9. The fourth-order valence-electron chi connectivity index (χ4n) is 1.28. The Kier molecular flexibility index (Phi) is 3.35. The molecule has 2 rings (SSSR count). The molecular formula is C11H9NO4S2. The molecule has 0 saturated carbocycles. The molecule has 1 aromatic heterocycles. The molecule has 0 unspecified atom stereocenters. The highest BCUT2D eigenvalue weighted by Crippen LogP contribution is 2.22. The molecule has 0 saturated heterocycles. The Bertz CT molecular complexity index is 661. The molecule has 0 fully saturated rings. The van der Waals surface area contributed by atoms with Crippen molar-refractivity contribution in [2.75, 3.05) is 4.72 Å². The van der Waals surface area contributed by atoms with Gasteiger partial charge in [-0.05, 0) is 18.2 Å². The number of anilines is 1. The highest BCUT2D eigenvalue weighted by molar-refractivity contribution is 7.94. The number of rotatable bonds is 4. The standard InChI is InChI=1S/C11H9NO4S2/c13-11(14)8-6-10(17-7-8)18(15,16)12-9-4-2-1-3-5-9/h1-7,12H,(H,13,14). The lowest BCUT2D eigenvalue weighted by Gasteiger charge is -2.05. The molecule has 0 amide bonds. The lowest BCUT2D eigenvalue weighted by Crippen LogP contribution is -2.11. The van der Waals surface area contributed by atoms with Crippen molar-refractivity contribution in [1.82, 2.24) is 0 Å². The monoisotopic (exact) mass is 283 g/mol. The van der Waals surface area contributed by atoms with E-state index >= 15 is 0 Å². The van der Waals surface area contributed by atoms with E-state index in [1.54, 1.807) is 30.3 Å². The van der Waals surface area contributed by atoms with Crippen LogP contribution in [0.1, 0.15) is 10.4 Å². The Morgan fingerprint density at radius 2 is 1.89 bits per heavy atom. The number of carboxylic acid groups (broad SMARTS) is 1. The van der Waals surface area contributed by atoms with Crippen molar-refractivity contribution in [3.63, 3.8) is 0 Å². The van der Waals surface area contributed by atoms with Crippen LogP contribution in [0.15, 0.2) is 46.0 Å². The van der Waals surface area contributed by atoms with Gasteiger partial charge in [0.15, 0.2) is 0 Å². The topological polar surface area (TPSA) is 83.5 Å². The van der Waals surface area contributed by atoms with Crippen molar-refractivity contribution in [3.05, 3.63) is 47.3 Å². The van der Waals surface area contributed by atoms with Crippen LogP contribution in [0, 0.1) is 0 Å². The van der Waals surface area contributed by atoms with Crippen LogP contribution in [0.4, 0.5) is 5.69 Å². The van der Waals surface area contributed by atoms with E-state index in [1.807, 2.05) is 0 Å². The smallest absolute Gasteiger partial charge is 0.336 e. The highest BCUT2D eigenvalue weighted by atomic mass is 32.2. The maximum atomic E-state index is 11.9. The number of thiophene rings is 1. The predicted molar refractivity (Wildman–Crippen MR) is 68.5 cm³/mol. The molecule has 18 heavy (non-hydrogen) atoms. The summed E-state index contributed by atoms with van der Waals surface area (Å²) in [7, 11) is -3.72. The second-order valence-electron chi connectivity index (χ2n) is 3.43. The van der Waals surface area contributed by atoms with Crippen molar-refractivity contribution in [1.29, 1.82) is 0 Å². The molecule has 0 bridgehead atoms. The molecule has 5 nitrogen and oxygen atoms in total. The number of sulfonamides is 1. The van der Waals surface area contributed by atoms with Gasteiger partial charge in [-0.25, -0.2) is 13.2 Å². The summed E-state index contributed by atoms with van der Waals surface area (Å²) in [6.07, 6.45) is 0. The number of hydrogen-bond acceptors (Lipinski definition) is 4. The molecule has 1 aromatic carbocycles. The molecule has 0 spiro atoms. The maximum Gasteiger partial charge on any atom is 0.336 e. The molecule has 7 heteroatoms. The number of carbonyl (C=O) groups is 1. The van der Waals surface area contributed by atoms with Gasteiger partial charge in [-0.15, -0.1) is 11.3 Å². The van der Waals surface area contributed by atoms with Gasteiger partial charge in [0, 0.05) is 11.1 Å². The first-order chi connectivity index (χ1) is 8.49. The van der Waals surface area contributed by atoms with E-state index in [0.29, 0.717) is 5.69 Å². The minimum absolute atomic E-state index is 0.0243. The van der Waals surface area contributed by atoms with E-state index in [-0.39, 0.29) is 9.77 Å². The van der Waals surface area contributed by atoms with Gasteiger partial charge in [0.25, 0.3) is 10.0 Å². The van der Waals surface area contributed by atoms with E-state index in [0.717, 1.165) is 17.4 Å². The number of para-hydroxylation sites is 1. The van der Waals surface area contributed by atoms with Crippen LogP contribution in [0.25, 0.3) is 0 Å². The number of nitrogens with one attached hydrogen (secondary N) is 1. The lowest BCUT2D eigenvalue weighted by atomic mass is 10.3. The zero-order valence-corrected chi connectivity index (χ0v) is 10.7. The van der Waals surface area contributed by atoms with Crippen molar-refractivity contribution in [2.45, 2.75) is 4.21 Å². The fourth-order valence-corrected chi connectivity index (χ4v) is 3.49. The van der Waals surface area contributed by atoms with Gasteiger partial charge in [-0.2, -0.15) is 0 Å². The second kappa shape index (κ2) is 4.79.